The van der Waals surface area contributed by atoms with Crippen LogP contribution in [-0.4, -0.2) is 31.0 Å². The molecule has 6 nitrogen and oxygen atoms in total. The molecule has 1 aliphatic heterocycles. The van der Waals surface area contributed by atoms with Gasteiger partial charge in [0.05, 0.1) is 12.0 Å². The second-order valence-corrected chi connectivity index (χ2v) is 7.95. The quantitative estimate of drug-likeness (QED) is 0.650. The molecule has 152 valence electrons. The van der Waals surface area contributed by atoms with Gasteiger partial charge in [0.25, 0.3) is 11.5 Å². The second-order valence-electron chi connectivity index (χ2n) is 7.04. The van der Waals surface area contributed by atoms with Crippen molar-refractivity contribution in [2.75, 3.05) is 0 Å². The Labute approximate surface area is 167 Å². The Hall–Kier alpha value is -2.88. The van der Waals surface area contributed by atoms with Crippen molar-refractivity contribution >= 4 is 17.2 Å². The van der Waals surface area contributed by atoms with Gasteiger partial charge in [-0.15, -0.1) is 11.3 Å². The molecule has 1 atom stereocenters. The molecule has 0 N–H and O–H groups in total. The zero-order chi connectivity index (χ0) is 20.9. The minimum absolute atomic E-state index is 0.0588. The van der Waals surface area contributed by atoms with Gasteiger partial charge in [0.2, 0.25) is 0 Å². The summed E-state index contributed by atoms with van der Waals surface area (Å²) in [4.78, 5) is 30.8. The van der Waals surface area contributed by atoms with Crippen molar-refractivity contribution in [1.82, 2.24) is 19.0 Å². The molecule has 0 spiro atoms. The van der Waals surface area contributed by atoms with E-state index in [4.69, 9.17) is 0 Å². The fourth-order valence-electron chi connectivity index (χ4n) is 3.43. The van der Waals surface area contributed by atoms with Crippen LogP contribution >= 0.6 is 11.3 Å². The molecular weight excluding hydrogens is 405 g/mol. The highest BCUT2D eigenvalue weighted by Crippen LogP contribution is 2.34. The van der Waals surface area contributed by atoms with Crippen LogP contribution < -0.4 is 5.56 Å². The van der Waals surface area contributed by atoms with Crippen molar-refractivity contribution in [3.05, 3.63) is 68.3 Å². The van der Waals surface area contributed by atoms with Crippen molar-refractivity contribution in [3.63, 3.8) is 0 Å². The normalized spacial score (nSPS) is 16.9. The zero-order valence-corrected chi connectivity index (χ0v) is 16.4. The number of aryl methyl sites for hydroxylation is 1. The summed E-state index contributed by atoms with van der Waals surface area (Å²) in [6, 6.07) is 3.86. The van der Waals surface area contributed by atoms with Crippen LogP contribution in [0.5, 0.6) is 0 Å². The van der Waals surface area contributed by atoms with Gasteiger partial charge < -0.3 is 14.0 Å². The van der Waals surface area contributed by atoms with Gasteiger partial charge in [0.1, 0.15) is 16.3 Å². The molecular formula is C19H17F3N4O2S. The average Bonchev–Trinajstić information content (AvgIpc) is 3.28. The highest BCUT2D eigenvalue weighted by atomic mass is 32.1. The first-order chi connectivity index (χ1) is 13.6. The molecule has 4 heterocycles. The van der Waals surface area contributed by atoms with E-state index in [1.807, 2.05) is 6.92 Å². The minimum atomic E-state index is -4.40. The van der Waals surface area contributed by atoms with Gasteiger partial charge >= 0.3 is 6.18 Å². The monoisotopic (exact) mass is 422 g/mol. The smallest absolute Gasteiger partial charge is 0.329 e. The first-order valence-corrected chi connectivity index (χ1v) is 9.73. The first-order valence-electron chi connectivity index (χ1n) is 8.85. The van der Waals surface area contributed by atoms with E-state index in [9.17, 15) is 22.8 Å². The van der Waals surface area contributed by atoms with Gasteiger partial charge in [-0.25, -0.2) is 4.98 Å². The van der Waals surface area contributed by atoms with Crippen molar-refractivity contribution in [3.8, 4) is 5.69 Å². The molecule has 0 fully saturated rings. The Bertz CT molecular complexity index is 1150. The lowest BCUT2D eigenvalue weighted by molar-refractivity contribution is -0.134. The van der Waals surface area contributed by atoms with E-state index < -0.39 is 11.1 Å². The van der Waals surface area contributed by atoms with Crippen molar-refractivity contribution in [2.45, 2.75) is 39.2 Å². The molecule has 10 heteroatoms. The maximum atomic E-state index is 13.0. The van der Waals surface area contributed by atoms with Gasteiger partial charge in [-0.1, -0.05) is 0 Å². The molecule has 0 radical (unpaired) electrons. The number of fused-ring (bicyclic) bond motifs is 1. The highest BCUT2D eigenvalue weighted by Gasteiger charge is 2.34. The number of carbonyl (C=O) groups excluding carboxylic acids is 1. The Balaban J connectivity index is 1.65. The summed E-state index contributed by atoms with van der Waals surface area (Å²) in [7, 11) is 0. The number of thiophene rings is 1. The van der Waals surface area contributed by atoms with E-state index in [1.165, 1.54) is 21.2 Å². The molecule has 29 heavy (non-hydrogen) atoms. The van der Waals surface area contributed by atoms with E-state index in [0.29, 0.717) is 22.6 Å². The molecule has 1 aliphatic rings. The van der Waals surface area contributed by atoms with Crippen LogP contribution in [0.3, 0.4) is 0 Å². The van der Waals surface area contributed by atoms with Crippen LogP contribution in [0.1, 0.15) is 33.5 Å². The van der Waals surface area contributed by atoms with Crippen molar-refractivity contribution < 1.29 is 18.0 Å². The molecule has 3 aromatic rings. The topological polar surface area (TPSA) is 60.1 Å². The summed E-state index contributed by atoms with van der Waals surface area (Å²) >= 11 is 0.610. The molecule has 1 amide bonds. The Kier molecular flexibility index (Phi) is 4.60. The Morgan fingerprint density at radius 3 is 2.66 bits per heavy atom. The Morgan fingerprint density at radius 2 is 2.03 bits per heavy atom. The first kappa shape index (κ1) is 19.4. The summed E-state index contributed by atoms with van der Waals surface area (Å²) in [5.74, 6) is -0.381. The number of pyridine rings is 1. The standard InChI is InChI=1S/C19H17F3N4O2S/c1-11-6-24(10-23-11)14-3-4-15-18(28)25(12(2)7-26(15)17(14)27)8-13-5-16(29-9-13)19(20,21)22/h3-6,9-10,12H,7-8H2,1-2H3/t12-/m1/s1. The largest absolute Gasteiger partial charge is 0.425 e. The van der Waals surface area contributed by atoms with Gasteiger partial charge in [-0.2, -0.15) is 13.2 Å². The van der Waals surface area contributed by atoms with Gasteiger partial charge in [-0.05, 0) is 43.0 Å². The third-order valence-corrected chi connectivity index (χ3v) is 5.91. The van der Waals surface area contributed by atoms with Gasteiger partial charge in [0.15, 0.2) is 0 Å². The predicted octanol–water partition coefficient (Wildman–Crippen LogP) is 3.47. The predicted molar refractivity (Wildman–Crippen MR) is 101 cm³/mol. The third-order valence-electron chi connectivity index (χ3n) is 4.89. The van der Waals surface area contributed by atoms with Crippen LogP contribution in [0, 0.1) is 6.92 Å². The summed E-state index contributed by atoms with van der Waals surface area (Å²) < 4.78 is 41.5. The van der Waals surface area contributed by atoms with Crippen LogP contribution in [0.15, 0.2) is 40.9 Å². The van der Waals surface area contributed by atoms with E-state index >= 15 is 0 Å². The van der Waals surface area contributed by atoms with Gasteiger partial charge in [0, 0.05) is 25.3 Å². The van der Waals surface area contributed by atoms with Crippen LogP contribution in [0.4, 0.5) is 13.2 Å². The minimum Gasteiger partial charge on any atom is -0.329 e. The average molecular weight is 422 g/mol. The van der Waals surface area contributed by atoms with Crippen molar-refractivity contribution in [2.24, 2.45) is 0 Å². The summed E-state index contributed by atoms with van der Waals surface area (Å²) in [5.41, 5.74) is 1.48. The highest BCUT2D eigenvalue weighted by molar-refractivity contribution is 7.10. The number of halogens is 3. The molecule has 4 rings (SSSR count). The number of hydrogen-bond donors (Lipinski definition) is 0. The number of carbonyl (C=O) groups is 1. The fourth-order valence-corrected chi connectivity index (χ4v) is 4.20. The van der Waals surface area contributed by atoms with Crippen LogP contribution in [0.25, 0.3) is 5.69 Å². The summed E-state index contributed by atoms with van der Waals surface area (Å²) in [6.45, 7) is 3.91. The molecule has 0 unspecified atom stereocenters. The lowest BCUT2D eigenvalue weighted by Crippen LogP contribution is -2.49. The number of rotatable bonds is 3. The number of alkyl halides is 3. The SMILES string of the molecule is Cc1cn(-c2ccc3n(c2=O)C[C@@H](C)N(Cc2csc(C(F)(F)F)c2)C3=O)cn1. The summed E-state index contributed by atoms with van der Waals surface area (Å²) in [5, 5.41) is 1.41. The lowest BCUT2D eigenvalue weighted by Gasteiger charge is -2.35. The van der Waals surface area contributed by atoms with E-state index in [-0.39, 0.29) is 36.3 Å². The van der Waals surface area contributed by atoms with E-state index in [1.54, 1.807) is 29.8 Å². The molecule has 0 bridgehead atoms. The molecule has 0 aliphatic carbocycles. The second kappa shape index (κ2) is 6.87. The fraction of sp³-hybridized carbons (Fsp3) is 0.316. The maximum absolute atomic E-state index is 13.0. The zero-order valence-electron chi connectivity index (χ0n) is 15.6. The number of nitrogens with zero attached hydrogens (tertiary/aromatic N) is 4. The lowest BCUT2D eigenvalue weighted by atomic mass is 10.1. The molecule has 0 saturated carbocycles. The van der Waals surface area contributed by atoms with E-state index in [2.05, 4.69) is 4.98 Å². The number of imidazole rings is 1. The van der Waals surface area contributed by atoms with Gasteiger partial charge in [-0.3, -0.25) is 9.59 Å². The van der Waals surface area contributed by atoms with Crippen LogP contribution in [-0.2, 0) is 19.3 Å². The summed E-state index contributed by atoms with van der Waals surface area (Å²) in [6.07, 6.45) is -1.14. The Morgan fingerprint density at radius 1 is 1.28 bits per heavy atom. The number of hydrogen-bond acceptors (Lipinski definition) is 4. The number of aromatic nitrogens is 3. The third kappa shape index (κ3) is 3.48. The molecule has 3 aromatic heterocycles. The van der Waals surface area contributed by atoms with E-state index in [0.717, 1.165) is 11.8 Å². The number of amides is 1. The maximum Gasteiger partial charge on any atom is 0.425 e. The molecule has 0 saturated heterocycles. The molecule has 0 aromatic carbocycles. The van der Waals surface area contributed by atoms with Crippen LogP contribution in [0.2, 0.25) is 0 Å². The van der Waals surface area contributed by atoms with Crippen molar-refractivity contribution in [1.29, 1.82) is 0 Å².